The van der Waals surface area contributed by atoms with Crippen molar-refractivity contribution in [1.29, 1.82) is 0 Å². The van der Waals surface area contributed by atoms with E-state index in [2.05, 4.69) is 24.6 Å². The zero-order valence-corrected chi connectivity index (χ0v) is 22.6. The number of anilines is 1. The molecule has 0 aromatic carbocycles. The highest BCUT2D eigenvalue weighted by atomic mass is 35.5. The molecule has 0 bridgehead atoms. The number of nitrogens with one attached hydrogen (secondary N) is 1. The first-order valence-electron chi connectivity index (χ1n) is 14.1. The minimum atomic E-state index is -0.625. The van der Waals surface area contributed by atoms with Crippen LogP contribution in [-0.4, -0.2) is 55.5 Å². The molecule has 2 atom stereocenters. The molecule has 11 heteroatoms. The maximum Gasteiger partial charge on any atom is 0.439 e. The van der Waals surface area contributed by atoms with Gasteiger partial charge in [-0.2, -0.15) is 0 Å². The minimum absolute atomic E-state index is 0.268. The number of aromatic nitrogens is 6. The third-order valence-electron chi connectivity index (χ3n) is 8.60. The molecule has 0 amide bonds. The van der Waals surface area contributed by atoms with Crippen LogP contribution in [-0.2, 0) is 11.3 Å². The minimum Gasteiger partial charge on any atom is -0.381 e. The van der Waals surface area contributed by atoms with E-state index in [1.54, 1.807) is 12.4 Å². The van der Waals surface area contributed by atoms with Crippen molar-refractivity contribution in [2.24, 2.45) is 11.8 Å². The molecule has 4 aromatic heterocycles. The lowest BCUT2D eigenvalue weighted by atomic mass is 9.86. The molecule has 2 aliphatic heterocycles. The van der Waals surface area contributed by atoms with Gasteiger partial charge < -0.3 is 14.2 Å². The molecule has 204 valence electrons. The zero-order valence-electron chi connectivity index (χ0n) is 21.8. The highest BCUT2D eigenvalue weighted by Gasteiger charge is 2.37. The Bertz CT molecular complexity index is 1540. The van der Waals surface area contributed by atoms with Gasteiger partial charge in [0.05, 0.1) is 28.4 Å². The van der Waals surface area contributed by atoms with E-state index in [4.69, 9.17) is 30.8 Å². The Morgan fingerprint density at radius 1 is 1.05 bits per heavy atom. The second kappa shape index (κ2) is 10.4. The van der Waals surface area contributed by atoms with Gasteiger partial charge in [-0.25, -0.2) is 14.8 Å². The Hall–Kier alpha value is -3.24. The largest absolute Gasteiger partial charge is 0.439 e. The normalized spacial score (nSPS) is 22.3. The number of pyridine rings is 2. The summed E-state index contributed by atoms with van der Waals surface area (Å²) in [6.07, 6.45) is 13.0. The first-order chi connectivity index (χ1) is 19.1. The van der Waals surface area contributed by atoms with Crippen molar-refractivity contribution in [2.75, 3.05) is 24.7 Å². The summed E-state index contributed by atoms with van der Waals surface area (Å²) in [5.74, 6) is 1.74. The molecule has 2 saturated heterocycles. The fourth-order valence-corrected chi connectivity index (χ4v) is 6.95. The number of rotatable bonds is 5. The number of H-pyrrole nitrogens is 1. The maximum atomic E-state index is 11.8. The van der Waals surface area contributed by atoms with E-state index in [1.165, 1.54) is 38.5 Å². The number of hydrogen-bond donors (Lipinski definition) is 1. The topological polar surface area (TPSA) is 115 Å². The molecule has 3 fully saturated rings. The Balaban J connectivity index is 1.45. The van der Waals surface area contributed by atoms with Crippen molar-refractivity contribution >= 4 is 28.6 Å². The summed E-state index contributed by atoms with van der Waals surface area (Å²) in [7, 11) is 0. The second-order valence-electron chi connectivity index (χ2n) is 11.1. The lowest BCUT2D eigenvalue weighted by molar-refractivity contribution is 0.0278. The van der Waals surface area contributed by atoms with Crippen LogP contribution in [0.4, 0.5) is 5.95 Å². The summed E-state index contributed by atoms with van der Waals surface area (Å²) in [5.41, 5.74) is 3.76. The van der Waals surface area contributed by atoms with Gasteiger partial charge in [-0.3, -0.25) is 14.5 Å². The number of nitrogens with zero attached hydrogens (tertiary/aromatic N) is 6. The molecule has 1 N–H and O–H groups in total. The molecule has 1 saturated carbocycles. The zero-order chi connectivity index (χ0) is 26.3. The molecule has 39 heavy (non-hydrogen) atoms. The van der Waals surface area contributed by atoms with Gasteiger partial charge >= 0.3 is 5.76 Å². The van der Waals surface area contributed by atoms with Gasteiger partial charge in [-0.1, -0.05) is 36.0 Å². The van der Waals surface area contributed by atoms with E-state index in [1.807, 2.05) is 12.1 Å². The predicted molar refractivity (Wildman–Crippen MR) is 148 cm³/mol. The summed E-state index contributed by atoms with van der Waals surface area (Å²) >= 11 is 6.40. The summed E-state index contributed by atoms with van der Waals surface area (Å²) in [6.45, 7) is 3.46. The van der Waals surface area contributed by atoms with Crippen LogP contribution in [0.2, 0.25) is 5.02 Å². The van der Waals surface area contributed by atoms with Crippen LogP contribution in [0, 0.1) is 11.8 Å². The van der Waals surface area contributed by atoms with Crippen LogP contribution in [0.3, 0.4) is 0 Å². The number of piperidine rings is 1. The Labute approximate surface area is 230 Å². The smallest absolute Gasteiger partial charge is 0.381 e. The fourth-order valence-electron chi connectivity index (χ4n) is 6.78. The van der Waals surface area contributed by atoms with Crippen LogP contribution in [0.15, 0.2) is 33.8 Å². The molecule has 1 aliphatic carbocycles. The molecule has 3 aliphatic rings. The van der Waals surface area contributed by atoms with Crippen molar-refractivity contribution in [3.63, 3.8) is 0 Å². The first-order valence-corrected chi connectivity index (χ1v) is 14.4. The molecular weight excluding hydrogens is 518 g/mol. The number of ether oxygens (including phenoxy) is 1. The standard InChI is InChI=1S/C28H32ClN7O3/c29-20-11-19(13-30-14-20)24-25-21(12-22(31-24)26-33-28(37)39-34-26)32-27(36(25)15-17-5-2-1-3-6-17)35-9-4-7-18-16-38-10-8-23(18)35/h11-14,17-18,23H,1-10,15-16H2,(H,33,34,37). The van der Waals surface area contributed by atoms with Crippen LogP contribution >= 0.6 is 11.6 Å². The van der Waals surface area contributed by atoms with E-state index < -0.39 is 5.76 Å². The molecule has 0 radical (unpaired) electrons. The second-order valence-corrected chi connectivity index (χ2v) is 11.5. The van der Waals surface area contributed by atoms with Crippen molar-refractivity contribution in [1.82, 2.24) is 29.7 Å². The number of aromatic amines is 1. The van der Waals surface area contributed by atoms with Crippen LogP contribution < -0.4 is 10.7 Å². The number of halogens is 1. The SMILES string of the molecule is O=c1[nH]c(-c2cc3nc(N4CCCC5COCCC54)n(CC4CCCCC4)c3c(-c3cncc(Cl)c3)n2)no1. The Morgan fingerprint density at radius 2 is 1.95 bits per heavy atom. The lowest BCUT2D eigenvalue weighted by Gasteiger charge is -2.44. The molecule has 0 spiro atoms. The Morgan fingerprint density at radius 3 is 2.77 bits per heavy atom. The highest BCUT2D eigenvalue weighted by Crippen LogP contribution is 2.39. The third-order valence-corrected chi connectivity index (χ3v) is 8.80. The van der Waals surface area contributed by atoms with Gasteiger partial charge in [0, 0.05) is 49.6 Å². The quantitative estimate of drug-likeness (QED) is 0.366. The monoisotopic (exact) mass is 549 g/mol. The van der Waals surface area contributed by atoms with Crippen molar-refractivity contribution < 1.29 is 9.26 Å². The average Bonchev–Trinajstić information content (AvgIpc) is 3.56. The van der Waals surface area contributed by atoms with Crippen molar-refractivity contribution in [3.05, 3.63) is 40.1 Å². The van der Waals surface area contributed by atoms with Gasteiger partial charge in [0.15, 0.2) is 0 Å². The summed E-state index contributed by atoms with van der Waals surface area (Å²) < 4.78 is 13.1. The summed E-state index contributed by atoms with van der Waals surface area (Å²) in [6, 6.07) is 4.18. The lowest BCUT2D eigenvalue weighted by Crippen LogP contribution is -2.50. The first kappa shape index (κ1) is 24.8. The molecule has 4 aromatic rings. The summed E-state index contributed by atoms with van der Waals surface area (Å²) in [4.78, 5) is 31.6. The summed E-state index contributed by atoms with van der Waals surface area (Å²) in [5, 5.41) is 4.44. The van der Waals surface area contributed by atoms with Gasteiger partial charge in [0.2, 0.25) is 11.8 Å². The number of imidazole rings is 1. The van der Waals surface area contributed by atoms with E-state index in [0.717, 1.165) is 67.4 Å². The van der Waals surface area contributed by atoms with E-state index in [-0.39, 0.29) is 5.82 Å². The van der Waals surface area contributed by atoms with Crippen molar-refractivity contribution in [2.45, 2.75) is 64.0 Å². The van der Waals surface area contributed by atoms with Gasteiger partial charge in [0.1, 0.15) is 5.69 Å². The molecular formula is C28H32ClN7O3. The van der Waals surface area contributed by atoms with Gasteiger partial charge in [0.25, 0.3) is 0 Å². The Kier molecular flexibility index (Phi) is 6.60. The van der Waals surface area contributed by atoms with Crippen LogP contribution in [0.25, 0.3) is 33.8 Å². The molecule has 2 unspecified atom stereocenters. The van der Waals surface area contributed by atoms with Crippen LogP contribution in [0.1, 0.15) is 51.4 Å². The fraction of sp³-hybridized carbons (Fsp3) is 0.536. The number of hydrogen-bond acceptors (Lipinski definition) is 8. The molecule has 7 rings (SSSR count). The third kappa shape index (κ3) is 4.74. The van der Waals surface area contributed by atoms with E-state index >= 15 is 0 Å². The van der Waals surface area contributed by atoms with Crippen molar-refractivity contribution in [3.8, 4) is 22.8 Å². The highest BCUT2D eigenvalue weighted by molar-refractivity contribution is 6.30. The average molecular weight is 550 g/mol. The molecule has 10 nitrogen and oxygen atoms in total. The van der Waals surface area contributed by atoms with Gasteiger partial charge in [-0.05, 0) is 50.2 Å². The number of fused-ring (bicyclic) bond motifs is 2. The predicted octanol–water partition coefficient (Wildman–Crippen LogP) is 5.08. The molecule has 6 heterocycles. The van der Waals surface area contributed by atoms with E-state index in [0.29, 0.717) is 28.6 Å². The van der Waals surface area contributed by atoms with Crippen LogP contribution in [0.5, 0.6) is 0 Å². The van der Waals surface area contributed by atoms with E-state index in [9.17, 15) is 4.79 Å². The van der Waals surface area contributed by atoms with Gasteiger partial charge in [-0.15, -0.1) is 0 Å². The maximum absolute atomic E-state index is 11.8.